The number of allylic oxidation sites excluding steroid dienone is 1. The molecule has 0 heterocycles. The molecule has 1 unspecified atom stereocenters. The molecule has 0 aromatic carbocycles. The van der Waals surface area contributed by atoms with Gasteiger partial charge in [-0.2, -0.15) is 0 Å². The Labute approximate surface area is 346 Å². The Hall–Kier alpha value is -1.37. The van der Waals surface area contributed by atoms with Crippen molar-refractivity contribution in [1.82, 2.24) is 0 Å². The monoisotopic (exact) mass is 837 g/mol. The molecule has 0 bridgehead atoms. The zero-order valence-corrected chi connectivity index (χ0v) is 37.1. The number of carbonyl (C=O) groups is 2. The molecule has 5 N–H and O–H groups in total. The van der Waals surface area contributed by atoms with Crippen molar-refractivity contribution in [1.29, 1.82) is 0 Å². The molecule has 5 atom stereocenters. The molecular weight excluding hydrogens is 751 g/mol. The summed E-state index contributed by atoms with van der Waals surface area (Å²) in [5, 5.41) is 38.8. The number of unbranched alkanes of at least 4 members (excludes halogenated alkanes) is 20. The van der Waals surface area contributed by atoms with Gasteiger partial charge < -0.3 is 34.8 Å². The molecule has 12 nitrogen and oxygen atoms in total. The Kier molecular flexibility index (Phi) is 37.9. The number of phosphoric acid groups is 1. The molecule has 0 aromatic rings. The number of hydrogen-bond donors (Lipinski definition) is 5. The molecule has 0 aromatic heterocycles. The van der Waals surface area contributed by atoms with Gasteiger partial charge in [0.1, 0.15) is 12.7 Å². The normalized spacial score (nSPS) is 15.1. The van der Waals surface area contributed by atoms with E-state index in [9.17, 15) is 34.4 Å². The molecule has 0 aliphatic carbocycles. The maximum atomic E-state index is 12.6. The molecule has 338 valence electrons. The van der Waals surface area contributed by atoms with Gasteiger partial charge in [0.2, 0.25) is 0 Å². The first-order chi connectivity index (χ1) is 27.4. The van der Waals surface area contributed by atoms with Crippen molar-refractivity contribution in [3.63, 3.8) is 0 Å². The zero-order valence-electron chi connectivity index (χ0n) is 36.2. The first-order valence-electron chi connectivity index (χ1n) is 22.7. The molecular formula is C44H85O12P. The summed E-state index contributed by atoms with van der Waals surface area (Å²) in [6.07, 6.45) is 27.7. The highest BCUT2D eigenvalue weighted by atomic mass is 31.2. The second-order valence-corrected chi connectivity index (χ2v) is 17.7. The third-order valence-electron chi connectivity index (χ3n) is 10.0. The van der Waals surface area contributed by atoms with Gasteiger partial charge in [0.15, 0.2) is 6.10 Å². The summed E-state index contributed by atoms with van der Waals surface area (Å²) in [7, 11) is -4.65. The first-order valence-corrected chi connectivity index (χ1v) is 24.2. The second-order valence-electron chi connectivity index (χ2n) is 16.2. The Morgan fingerprint density at radius 3 is 1.61 bits per heavy atom. The predicted molar refractivity (Wildman–Crippen MR) is 227 cm³/mol. The molecule has 0 radical (unpaired) electrons. The number of carbonyl (C=O) groups excluding carboxylic acids is 2. The summed E-state index contributed by atoms with van der Waals surface area (Å²) in [4.78, 5) is 35.0. The summed E-state index contributed by atoms with van der Waals surface area (Å²) in [6.45, 7) is 4.50. The number of esters is 2. The molecule has 0 aliphatic heterocycles. The van der Waals surface area contributed by atoms with Crippen LogP contribution < -0.4 is 0 Å². The predicted octanol–water partition coefficient (Wildman–Crippen LogP) is 9.80. The van der Waals surface area contributed by atoms with Crippen LogP contribution in [0.25, 0.3) is 0 Å². The second kappa shape index (κ2) is 38.8. The van der Waals surface area contributed by atoms with Crippen molar-refractivity contribution in [3.8, 4) is 0 Å². The fourth-order valence-corrected chi connectivity index (χ4v) is 7.17. The zero-order chi connectivity index (χ0) is 42.4. The Bertz CT molecular complexity index is 1010. The van der Waals surface area contributed by atoms with Crippen LogP contribution in [0.2, 0.25) is 0 Å². The quantitative estimate of drug-likeness (QED) is 0.0170. The molecule has 0 saturated carbocycles. The highest BCUT2D eigenvalue weighted by Gasteiger charge is 2.27. The van der Waals surface area contributed by atoms with Crippen LogP contribution in [0.3, 0.4) is 0 Å². The van der Waals surface area contributed by atoms with E-state index in [1.165, 1.54) is 83.5 Å². The van der Waals surface area contributed by atoms with Gasteiger partial charge in [0.25, 0.3) is 0 Å². The largest absolute Gasteiger partial charge is 0.472 e. The lowest BCUT2D eigenvalue weighted by Gasteiger charge is -2.20. The number of aliphatic hydroxyl groups excluding tert-OH is 4. The van der Waals surface area contributed by atoms with Crippen molar-refractivity contribution in [2.45, 2.75) is 225 Å². The fraction of sp³-hybridized carbons (Fsp3) is 0.909. The van der Waals surface area contributed by atoms with E-state index in [4.69, 9.17) is 19.1 Å². The van der Waals surface area contributed by atoms with E-state index >= 15 is 0 Å². The van der Waals surface area contributed by atoms with Crippen LogP contribution in [-0.2, 0) is 32.7 Å². The van der Waals surface area contributed by atoms with E-state index in [2.05, 4.69) is 31.4 Å². The SMILES string of the molecule is CCCCC/C=C\C[C@H](O)[C@@H](O)CCCCCCCC(=O)O[C@H](COC(=O)CCCCCCCCCCCCCCCCC(C)C)COP(=O)(O)OC[C@@H](O)CO. The maximum Gasteiger partial charge on any atom is 0.472 e. The van der Waals surface area contributed by atoms with Crippen molar-refractivity contribution >= 4 is 19.8 Å². The van der Waals surface area contributed by atoms with Gasteiger partial charge in [-0.15, -0.1) is 0 Å². The van der Waals surface area contributed by atoms with E-state index in [0.717, 1.165) is 63.7 Å². The minimum absolute atomic E-state index is 0.0883. The van der Waals surface area contributed by atoms with Gasteiger partial charge in [0.05, 0.1) is 32.0 Å². The highest BCUT2D eigenvalue weighted by molar-refractivity contribution is 7.47. The third kappa shape index (κ3) is 38.6. The number of phosphoric ester groups is 1. The first kappa shape index (κ1) is 55.6. The summed E-state index contributed by atoms with van der Waals surface area (Å²) < 4.78 is 32.7. The third-order valence-corrected chi connectivity index (χ3v) is 11.0. The average molecular weight is 837 g/mol. The summed E-state index contributed by atoms with van der Waals surface area (Å²) in [6, 6.07) is 0. The van der Waals surface area contributed by atoms with Gasteiger partial charge in [-0.3, -0.25) is 18.6 Å². The van der Waals surface area contributed by atoms with E-state index < -0.39 is 64.0 Å². The van der Waals surface area contributed by atoms with E-state index in [1.807, 2.05) is 6.08 Å². The van der Waals surface area contributed by atoms with Crippen LogP contribution in [0.1, 0.15) is 201 Å². The van der Waals surface area contributed by atoms with Crippen LogP contribution in [0, 0.1) is 5.92 Å². The van der Waals surface area contributed by atoms with Crippen molar-refractivity contribution in [2.75, 3.05) is 26.4 Å². The molecule has 13 heteroatoms. The maximum absolute atomic E-state index is 12.6. The minimum atomic E-state index is -4.65. The van der Waals surface area contributed by atoms with Gasteiger partial charge in [-0.1, -0.05) is 161 Å². The van der Waals surface area contributed by atoms with Gasteiger partial charge in [0, 0.05) is 12.8 Å². The number of rotatable bonds is 42. The van der Waals surface area contributed by atoms with Crippen molar-refractivity contribution in [3.05, 3.63) is 12.2 Å². The molecule has 0 saturated heterocycles. The Morgan fingerprint density at radius 2 is 1.09 bits per heavy atom. The molecule has 0 rings (SSSR count). The highest BCUT2D eigenvalue weighted by Crippen LogP contribution is 2.43. The van der Waals surface area contributed by atoms with Gasteiger partial charge in [-0.05, 0) is 44.4 Å². The number of ether oxygens (including phenoxy) is 2. The lowest BCUT2D eigenvalue weighted by molar-refractivity contribution is -0.161. The molecule has 0 amide bonds. The molecule has 0 fully saturated rings. The van der Waals surface area contributed by atoms with Crippen molar-refractivity contribution in [2.24, 2.45) is 5.92 Å². The van der Waals surface area contributed by atoms with Crippen LogP contribution in [-0.4, -0.2) is 88.1 Å². The molecule has 0 aliphatic rings. The van der Waals surface area contributed by atoms with Crippen LogP contribution in [0.15, 0.2) is 12.2 Å². The van der Waals surface area contributed by atoms with E-state index in [0.29, 0.717) is 25.7 Å². The fourth-order valence-electron chi connectivity index (χ4n) is 6.38. The lowest BCUT2D eigenvalue weighted by atomic mass is 10.0. The van der Waals surface area contributed by atoms with Crippen LogP contribution in [0.4, 0.5) is 0 Å². The standard InChI is InChI=1S/C44H85O12P/c1-4-5-6-7-20-25-30-41(47)42(48)31-26-21-18-23-28-33-44(50)56-40(37-55-57(51,52)54-35-39(46)34-45)36-53-43(49)32-27-22-17-15-13-11-9-8-10-12-14-16-19-24-29-38(2)3/h20,25,38-42,45-48H,4-19,21-24,26-37H2,1-3H3,(H,51,52)/b25-20-/t39-,40+,41-,42-/m0/s1. The smallest absolute Gasteiger partial charge is 0.462 e. The topological polar surface area (TPSA) is 189 Å². The summed E-state index contributed by atoms with van der Waals surface area (Å²) >= 11 is 0. The lowest BCUT2D eigenvalue weighted by Crippen LogP contribution is -2.29. The van der Waals surface area contributed by atoms with Crippen LogP contribution >= 0.6 is 7.82 Å². The van der Waals surface area contributed by atoms with Crippen LogP contribution in [0.5, 0.6) is 0 Å². The summed E-state index contributed by atoms with van der Waals surface area (Å²) in [5.74, 6) is -0.212. The van der Waals surface area contributed by atoms with Crippen molar-refractivity contribution < 1.29 is 58.0 Å². The minimum Gasteiger partial charge on any atom is -0.462 e. The van der Waals surface area contributed by atoms with Gasteiger partial charge >= 0.3 is 19.8 Å². The number of hydrogen-bond acceptors (Lipinski definition) is 11. The average Bonchev–Trinajstić information content (AvgIpc) is 3.18. The van der Waals surface area contributed by atoms with Gasteiger partial charge in [-0.25, -0.2) is 4.57 Å². The number of aliphatic hydroxyl groups is 4. The molecule has 0 spiro atoms. The van der Waals surface area contributed by atoms with E-state index in [1.54, 1.807) is 0 Å². The molecule has 57 heavy (non-hydrogen) atoms. The Balaban J connectivity index is 4.36. The van der Waals surface area contributed by atoms with E-state index in [-0.39, 0.29) is 19.4 Å². The summed E-state index contributed by atoms with van der Waals surface area (Å²) in [5.41, 5.74) is 0. The Morgan fingerprint density at radius 1 is 0.596 bits per heavy atom.